The summed E-state index contributed by atoms with van der Waals surface area (Å²) in [5.41, 5.74) is 3.94. The van der Waals surface area contributed by atoms with E-state index in [1.165, 1.54) is 38.4 Å². The Bertz CT molecular complexity index is 1100. The number of carbonyl (C=O) groups is 2. The van der Waals surface area contributed by atoms with Crippen LogP contribution in [0.4, 0.5) is 11.4 Å². The quantitative estimate of drug-likeness (QED) is 0.566. The number of furan rings is 1. The van der Waals surface area contributed by atoms with Crippen LogP contribution in [0.5, 0.6) is 0 Å². The van der Waals surface area contributed by atoms with Crippen LogP contribution in [0.3, 0.4) is 0 Å². The molecule has 2 amide bonds. The van der Waals surface area contributed by atoms with Gasteiger partial charge in [-0.25, -0.2) is 0 Å². The molecule has 1 atom stereocenters. The molecule has 5 rings (SSSR count). The van der Waals surface area contributed by atoms with Gasteiger partial charge in [0.2, 0.25) is 5.91 Å². The Kier molecular flexibility index (Phi) is 6.15. The molecule has 2 aliphatic rings. The van der Waals surface area contributed by atoms with E-state index >= 15 is 0 Å². The normalized spacial score (nSPS) is 18.4. The van der Waals surface area contributed by atoms with Crippen LogP contribution in [0.2, 0.25) is 0 Å². The molecular formula is C27H29N3O3. The minimum atomic E-state index is -0.613. The molecule has 0 spiro atoms. The second-order valence-electron chi connectivity index (χ2n) is 8.94. The standard InChI is InChI=1S/C27H29N3O3/c31-26(29-23-14-12-22(13-15-23)28-21-9-2-1-3-10-21)24-17-19-7-4-5-8-20(19)18-30(24)27(32)25-11-6-16-33-25/h4-8,11-16,21,24,28H,1-3,9-10,17-18H2,(H,29,31). The monoisotopic (exact) mass is 443 g/mol. The fourth-order valence-corrected chi connectivity index (χ4v) is 4.87. The highest BCUT2D eigenvalue weighted by Crippen LogP contribution is 2.27. The first-order valence-corrected chi connectivity index (χ1v) is 11.8. The van der Waals surface area contributed by atoms with Crippen LogP contribution >= 0.6 is 0 Å². The van der Waals surface area contributed by atoms with E-state index in [1.807, 2.05) is 48.5 Å². The Morgan fingerprint density at radius 1 is 0.848 bits per heavy atom. The fraction of sp³-hybridized carbons (Fsp3) is 0.333. The molecule has 0 bridgehead atoms. The van der Waals surface area contributed by atoms with Crippen LogP contribution in [0.1, 0.15) is 53.8 Å². The lowest BCUT2D eigenvalue weighted by Crippen LogP contribution is -2.50. The maximum absolute atomic E-state index is 13.3. The number of hydrogen-bond donors (Lipinski definition) is 2. The Labute approximate surface area is 194 Å². The third-order valence-electron chi connectivity index (χ3n) is 6.67. The van der Waals surface area contributed by atoms with Crippen LogP contribution in [0.15, 0.2) is 71.3 Å². The van der Waals surface area contributed by atoms with Gasteiger partial charge in [-0.3, -0.25) is 9.59 Å². The van der Waals surface area contributed by atoms with E-state index in [0.717, 1.165) is 22.5 Å². The fourth-order valence-electron chi connectivity index (χ4n) is 4.87. The lowest BCUT2D eigenvalue weighted by molar-refractivity contribution is -0.121. The van der Waals surface area contributed by atoms with E-state index in [4.69, 9.17) is 4.42 Å². The lowest BCUT2D eigenvalue weighted by atomic mass is 9.93. The van der Waals surface area contributed by atoms with Crippen molar-refractivity contribution in [3.63, 3.8) is 0 Å². The molecule has 1 fully saturated rings. The van der Waals surface area contributed by atoms with Crippen molar-refractivity contribution in [2.75, 3.05) is 10.6 Å². The Balaban J connectivity index is 1.30. The van der Waals surface area contributed by atoms with Gasteiger partial charge in [0.1, 0.15) is 6.04 Å². The molecule has 170 valence electrons. The molecule has 3 aromatic rings. The van der Waals surface area contributed by atoms with Crippen LogP contribution in [0, 0.1) is 0 Å². The summed E-state index contributed by atoms with van der Waals surface area (Å²) >= 11 is 0. The van der Waals surface area contributed by atoms with E-state index < -0.39 is 6.04 Å². The van der Waals surface area contributed by atoms with E-state index in [9.17, 15) is 9.59 Å². The zero-order chi connectivity index (χ0) is 22.6. The number of benzene rings is 2. The molecule has 2 aromatic carbocycles. The largest absolute Gasteiger partial charge is 0.459 e. The predicted octanol–water partition coefficient (Wildman–Crippen LogP) is 5.23. The highest BCUT2D eigenvalue weighted by Gasteiger charge is 2.36. The third-order valence-corrected chi connectivity index (χ3v) is 6.67. The average molecular weight is 444 g/mol. The summed E-state index contributed by atoms with van der Waals surface area (Å²) < 4.78 is 5.33. The molecule has 1 aliphatic heterocycles. The van der Waals surface area contributed by atoms with Crippen molar-refractivity contribution >= 4 is 23.2 Å². The molecule has 6 heteroatoms. The number of carbonyl (C=O) groups excluding carboxylic acids is 2. The number of nitrogens with zero attached hydrogens (tertiary/aromatic N) is 1. The van der Waals surface area contributed by atoms with E-state index in [2.05, 4.69) is 10.6 Å². The second-order valence-corrected chi connectivity index (χ2v) is 8.94. The predicted molar refractivity (Wildman–Crippen MR) is 128 cm³/mol. The van der Waals surface area contributed by atoms with Crippen molar-refractivity contribution in [3.8, 4) is 0 Å². The van der Waals surface area contributed by atoms with Gasteiger partial charge in [-0.1, -0.05) is 43.5 Å². The van der Waals surface area contributed by atoms with Gasteiger partial charge in [-0.05, 0) is 60.4 Å². The molecular weight excluding hydrogens is 414 g/mol. The maximum atomic E-state index is 13.3. The Morgan fingerprint density at radius 2 is 1.58 bits per heavy atom. The zero-order valence-corrected chi connectivity index (χ0v) is 18.6. The molecule has 1 aromatic heterocycles. The lowest BCUT2D eigenvalue weighted by Gasteiger charge is -2.35. The van der Waals surface area contributed by atoms with Gasteiger partial charge < -0.3 is 20.0 Å². The molecule has 1 unspecified atom stereocenters. The van der Waals surface area contributed by atoms with E-state index in [0.29, 0.717) is 19.0 Å². The van der Waals surface area contributed by atoms with Crippen molar-refractivity contribution in [3.05, 3.63) is 83.8 Å². The second kappa shape index (κ2) is 9.53. The topological polar surface area (TPSA) is 74.6 Å². The molecule has 2 heterocycles. The third kappa shape index (κ3) is 4.80. The summed E-state index contributed by atoms with van der Waals surface area (Å²) in [6.07, 6.45) is 8.25. The summed E-state index contributed by atoms with van der Waals surface area (Å²) in [5.74, 6) is -0.232. The van der Waals surface area contributed by atoms with Gasteiger partial charge in [-0.2, -0.15) is 0 Å². The van der Waals surface area contributed by atoms with Crippen molar-refractivity contribution < 1.29 is 14.0 Å². The molecule has 0 saturated heterocycles. The highest BCUT2D eigenvalue weighted by molar-refractivity contribution is 6.00. The van der Waals surface area contributed by atoms with Gasteiger partial charge >= 0.3 is 0 Å². The molecule has 1 saturated carbocycles. The van der Waals surface area contributed by atoms with E-state index in [1.54, 1.807) is 17.0 Å². The molecule has 33 heavy (non-hydrogen) atoms. The summed E-state index contributed by atoms with van der Waals surface area (Å²) in [7, 11) is 0. The number of hydrogen-bond acceptors (Lipinski definition) is 4. The average Bonchev–Trinajstić information content (AvgIpc) is 3.40. The first-order chi connectivity index (χ1) is 16.2. The maximum Gasteiger partial charge on any atom is 0.290 e. The van der Waals surface area contributed by atoms with Crippen LogP contribution in [0.25, 0.3) is 0 Å². The number of nitrogens with one attached hydrogen (secondary N) is 2. The smallest absolute Gasteiger partial charge is 0.290 e. The number of fused-ring (bicyclic) bond motifs is 1. The van der Waals surface area contributed by atoms with Gasteiger partial charge in [0.25, 0.3) is 5.91 Å². The first-order valence-electron chi connectivity index (χ1n) is 11.8. The van der Waals surface area contributed by atoms with Gasteiger partial charge in [0.05, 0.1) is 6.26 Å². The van der Waals surface area contributed by atoms with E-state index in [-0.39, 0.29) is 17.6 Å². The van der Waals surface area contributed by atoms with Gasteiger partial charge in [-0.15, -0.1) is 0 Å². The Morgan fingerprint density at radius 3 is 2.30 bits per heavy atom. The van der Waals surface area contributed by atoms with Gasteiger partial charge in [0.15, 0.2) is 5.76 Å². The number of amides is 2. The Hall–Kier alpha value is -3.54. The summed E-state index contributed by atoms with van der Waals surface area (Å²) in [6.45, 7) is 0.373. The summed E-state index contributed by atoms with van der Waals surface area (Å²) in [6, 6.07) is 19.0. The summed E-state index contributed by atoms with van der Waals surface area (Å²) in [4.78, 5) is 28.0. The van der Waals surface area contributed by atoms with Crippen molar-refractivity contribution in [2.45, 2.75) is 57.2 Å². The number of anilines is 2. The molecule has 2 N–H and O–H groups in total. The molecule has 6 nitrogen and oxygen atoms in total. The van der Waals surface area contributed by atoms with Crippen molar-refractivity contribution in [1.82, 2.24) is 4.90 Å². The van der Waals surface area contributed by atoms with Crippen molar-refractivity contribution in [2.24, 2.45) is 0 Å². The van der Waals surface area contributed by atoms with Crippen LogP contribution < -0.4 is 10.6 Å². The number of rotatable bonds is 5. The molecule has 0 radical (unpaired) electrons. The minimum Gasteiger partial charge on any atom is -0.459 e. The summed E-state index contributed by atoms with van der Waals surface area (Å²) in [5, 5.41) is 6.61. The molecule has 1 aliphatic carbocycles. The van der Waals surface area contributed by atoms with Crippen molar-refractivity contribution in [1.29, 1.82) is 0 Å². The highest BCUT2D eigenvalue weighted by atomic mass is 16.3. The first kappa shape index (κ1) is 21.3. The van der Waals surface area contributed by atoms with Crippen LogP contribution in [-0.4, -0.2) is 28.8 Å². The van der Waals surface area contributed by atoms with Gasteiger partial charge in [0, 0.05) is 30.4 Å². The SMILES string of the molecule is O=C(Nc1ccc(NC2CCCCC2)cc1)C1Cc2ccccc2CN1C(=O)c1ccco1. The minimum absolute atomic E-state index is 0.197. The zero-order valence-electron chi connectivity index (χ0n) is 18.6. The van der Waals surface area contributed by atoms with Crippen LogP contribution in [-0.2, 0) is 17.8 Å².